The average molecular weight is 449 g/mol. The minimum absolute atomic E-state index is 0.137. The second-order valence-corrected chi connectivity index (χ2v) is 11.1. The van der Waals surface area contributed by atoms with Gasteiger partial charge < -0.3 is 9.84 Å². The molecule has 6 heteroatoms. The van der Waals surface area contributed by atoms with E-state index in [0.717, 1.165) is 56.9 Å². The predicted octanol–water partition coefficient (Wildman–Crippen LogP) is 6.20. The van der Waals surface area contributed by atoms with E-state index in [1.165, 1.54) is 18.6 Å². The van der Waals surface area contributed by atoms with Crippen LogP contribution in [0.4, 0.5) is 0 Å². The number of aromatic hydroxyl groups is 1. The zero-order valence-electron chi connectivity index (χ0n) is 17.1. The topological polar surface area (TPSA) is 63.6 Å². The van der Waals surface area contributed by atoms with Crippen molar-refractivity contribution in [3.8, 4) is 11.5 Å². The molecule has 0 bridgehead atoms. The number of rotatable bonds is 5. The van der Waals surface area contributed by atoms with Gasteiger partial charge in [0.15, 0.2) is 0 Å². The maximum Gasteiger partial charge on any atom is 0.206 e. The highest BCUT2D eigenvalue weighted by Gasteiger charge is 2.24. The number of hydrogen-bond acceptors (Lipinski definition) is 4. The first-order valence-corrected chi connectivity index (χ1v) is 12.8. The molecule has 0 radical (unpaired) electrons. The number of alkyl halides is 1. The van der Waals surface area contributed by atoms with Crippen molar-refractivity contribution in [3.05, 3.63) is 48.0 Å². The number of sulfone groups is 1. The van der Waals surface area contributed by atoms with E-state index in [9.17, 15) is 13.5 Å². The highest BCUT2D eigenvalue weighted by molar-refractivity contribution is 7.91. The lowest BCUT2D eigenvalue weighted by Gasteiger charge is -2.25. The largest absolute Gasteiger partial charge is 0.508 e. The van der Waals surface area contributed by atoms with E-state index in [0.29, 0.717) is 5.75 Å². The van der Waals surface area contributed by atoms with Gasteiger partial charge in [-0.3, -0.25) is 0 Å². The zero-order valence-corrected chi connectivity index (χ0v) is 18.7. The van der Waals surface area contributed by atoms with Crippen molar-refractivity contribution >= 4 is 21.4 Å². The Bertz CT molecular complexity index is 957. The Morgan fingerprint density at radius 2 is 1.47 bits per heavy atom. The van der Waals surface area contributed by atoms with Gasteiger partial charge in [0.05, 0.1) is 15.9 Å². The maximum atomic E-state index is 13.2. The Kier molecular flexibility index (Phi) is 6.59. The molecule has 0 atom stereocenters. The molecule has 30 heavy (non-hydrogen) atoms. The van der Waals surface area contributed by atoms with Crippen molar-refractivity contribution in [2.45, 2.75) is 85.0 Å². The molecule has 0 spiro atoms. The van der Waals surface area contributed by atoms with Gasteiger partial charge in [-0.15, -0.1) is 11.6 Å². The van der Waals surface area contributed by atoms with Crippen molar-refractivity contribution in [3.63, 3.8) is 0 Å². The van der Waals surface area contributed by atoms with Crippen LogP contribution in [0.5, 0.6) is 11.5 Å². The minimum Gasteiger partial charge on any atom is -0.508 e. The first kappa shape index (κ1) is 21.5. The number of phenols is 1. The zero-order chi connectivity index (χ0) is 21.1. The molecule has 2 aromatic carbocycles. The molecular formula is C24H29ClO4S. The van der Waals surface area contributed by atoms with Gasteiger partial charge in [0.2, 0.25) is 9.84 Å². The van der Waals surface area contributed by atoms with Gasteiger partial charge in [0.25, 0.3) is 0 Å². The van der Waals surface area contributed by atoms with E-state index >= 15 is 0 Å². The quantitative estimate of drug-likeness (QED) is 0.553. The number of halogens is 1. The van der Waals surface area contributed by atoms with Crippen LogP contribution >= 0.6 is 11.6 Å². The van der Waals surface area contributed by atoms with E-state index in [4.69, 9.17) is 16.3 Å². The minimum atomic E-state index is -3.66. The van der Waals surface area contributed by atoms with Gasteiger partial charge in [-0.25, -0.2) is 8.42 Å². The van der Waals surface area contributed by atoms with Gasteiger partial charge in [0, 0.05) is 5.38 Å². The van der Waals surface area contributed by atoms with Gasteiger partial charge in [-0.1, -0.05) is 19.3 Å². The normalized spacial score (nSPS) is 23.2. The summed E-state index contributed by atoms with van der Waals surface area (Å²) in [6.07, 6.45) is 9.31. The Hall–Kier alpha value is -1.72. The van der Waals surface area contributed by atoms with Gasteiger partial charge in [-0.2, -0.15) is 0 Å². The molecule has 1 N–H and O–H groups in total. The molecule has 162 valence electrons. The molecular weight excluding hydrogens is 420 g/mol. The summed E-state index contributed by atoms with van der Waals surface area (Å²) < 4.78 is 32.4. The Morgan fingerprint density at radius 3 is 2.13 bits per heavy atom. The molecule has 0 aromatic heterocycles. The van der Waals surface area contributed by atoms with Crippen LogP contribution in [-0.4, -0.2) is 25.0 Å². The first-order valence-electron chi connectivity index (χ1n) is 10.9. The smallest absolute Gasteiger partial charge is 0.206 e. The van der Waals surface area contributed by atoms with Crippen LogP contribution in [0.25, 0.3) is 0 Å². The summed E-state index contributed by atoms with van der Waals surface area (Å²) in [5, 5.41) is 10.5. The van der Waals surface area contributed by atoms with Gasteiger partial charge in [-0.05, 0) is 92.5 Å². The van der Waals surface area contributed by atoms with Crippen LogP contribution in [-0.2, 0) is 9.84 Å². The van der Waals surface area contributed by atoms with Crippen LogP contribution in [0.1, 0.15) is 69.3 Å². The van der Waals surface area contributed by atoms with Crippen molar-refractivity contribution in [1.82, 2.24) is 0 Å². The molecule has 0 amide bonds. The first-order chi connectivity index (χ1) is 14.4. The fraction of sp³-hybridized carbons (Fsp3) is 0.500. The third-order valence-corrected chi connectivity index (χ3v) is 8.60. The lowest BCUT2D eigenvalue weighted by Crippen LogP contribution is -2.24. The molecule has 2 aliphatic carbocycles. The summed E-state index contributed by atoms with van der Waals surface area (Å²) in [6, 6.07) is 11.3. The summed E-state index contributed by atoms with van der Waals surface area (Å²) in [5.74, 6) is 1.10. The summed E-state index contributed by atoms with van der Waals surface area (Å²) >= 11 is 6.15. The molecule has 4 rings (SSSR count). The fourth-order valence-electron chi connectivity index (χ4n) is 4.61. The van der Waals surface area contributed by atoms with Gasteiger partial charge >= 0.3 is 0 Å². The van der Waals surface area contributed by atoms with Crippen LogP contribution in [0.3, 0.4) is 0 Å². The molecule has 2 aliphatic rings. The highest BCUT2D eigenvalue weighted by atomic mass is 35.5. The summed E-state index contributed by atoms with van der Waals surface area (Å²) in [5.41, 5.74) is 0.755. The van der Waals surface area contributed by atoms with Crippen LogP contribution in [0.2, 0.25) is 0 Å². The van der Waals surface area contributed by atoms with Crippen molar-refractivity contribution < 1.29 is 18.3 Å². The molecule has 2 fully saturated rings. The number of benzene rings is 2. The average Bonchev–Trinajstić information content (AvgIpc) is 2.76. The van der Waals surface area contributed by atoms with E-state index in [-0.39, 0.29) is 32.9 Å². The number of phenolic OH excluding ortho intramolecular Hbond substituents is 1. The highest BCUT2D eigenvalue weighted by Crippen LogP contribution is 2.39. The van der Waals surface area contributed by atoms with E-state index in [1.54, 1.807) is 30.3 Å². The number of ether oxygens (including phenoxy) is 1. The second kappa shape index (κ2) is 9.19. The molecule has 2 aromatic rings. The predicted molar refractivity (Wildman–Crippen MR) is 118 cm³/mol. The van der Waals surface area contributed by atoms with E-state index in [1.807, 2.05) is 0 Å². The van der Waals surface area contributed by atoms with Crippen molar-refractivity contribution in [1.29, 1.82) is 0 Å². The Morgan fingerprint density at radius 1 is 0.833 bits per heavy atom. The van der Waals surface area contributed by atoms with Crippen molar-refractivity contribution in [2.24, 2.45) is 0 Å². The Labute approximate surface area is 184 Å². The van der Waals surface area contributed by atoms with Gasteiger partial charge in [0.1, 0.15) is 11.5 Å². The van der Waals surface area contributed by atoms with Crippen LogP contribution in [0.15, 0.2) is 52.3 Å². The lowest BCUT2D eigenvalue weighted by molar-refractivity contribution is 0.156. The van der Waals surface area contributed by atoms with Crippen LogP contribution in [0, 0.1) is 0 Å². The van der Waals surface area contributed by atoms with E-state index in [2.05, 4.69) is 0 Å². The SMILES string of the molecule is O=S(=O)(c1ccc(OC2CCC(Cl)CC2)cc1)c1ccc(O)c(C2CCCCC2)c1. The maximum absolute atomic E-state index is 13.2. The molecule has 0 saturated heterocycles. The second-order valence-electron chi connectivity index (χ2n) is 8.52. The fourth-order valence-corrected chi connectivity index (χ4v) is 6.15. The Balaban J connectivity index is 1.52. The molecule has 0 aliphatic heterocycles. The third kappa shape index (κ3) is 4.78. The monoisotopic (exact) mass is 448 g/mol. The standard InChI is InChI=1S/C24H29ClO4S/c25-18-6-8-19(9-7-18)29-20-10-12-21(13-11-20)30(27,28)22-14-15-24(26)23(16-22)17-4-2-1-3-5-17/h10-19,26H,1-9H2. The molecule has 2 saturated carbocycles. The summed E-state index contributed by atoms with van der Waals surface area (Å²) in [4.78, 5) is 0.467. The third-order valence-electron chi connectivity index (χ3n) is 6.39. The summed E-state index contributed by atoms with van der Waals surface area (Å²) in [7, 11) is -3.66. The summed E-state index contributed by atoms with van der Waals surface area (Å²) in [6.45, 7) is 0. The molecule has 0 unspecified atom stereocenters. The van der Waals surface area contributed by atoms with E-state index < -0.39 is 9.84 Å². The lowest BCUT2D eigenvalue weighted by atomic mass is 9.84. The number of hydrogen-bond donors (Lipinski definition) is 1. The molecule has 0 heterocycles. The van der Waals surface area contributed by atoms with Crippen molar-refractivity contribution in [2.75, 3.05) is 0 Å². The van der Waals surface area contributed by atoms with Crippen LogP contribution < -0.4 is 4.74 Å². The molecule has 4 nitrogen and oxygen atoms in total.